The molecule has 0 atom stereocenters. The van der Waals surface area contributed by atoms with E-state index in [4.69, 9.17) is 0 Å². The van der Waals surface area contributed by atoms with Gasteiger partial charge in [0.2, 0.25) is 10.0 Å². The number of aryl methyl sites for hydroxylation is 1. The van der Waals surface area contributed by atoms with Gasteiger partial charge in [-0.1, -0.05) is 19.3 Å². The van der Waals surface area contributed by atoms with Gasteiger partial charge in [0, 0.05) is 26.8 Å². The van der Waals surface area contributed by atoms with Gasteiger partial charge in [-0.05, 0) is 18.8 Å². The molecule has 0 amide bonds. The summed E-state index contributed by atoms with van der Waals surface area (Å²) in [5, 5.41) is 0. The topological polar surface area (TPSA) is 90.2 Å². The highest BCUT2D eigenvalue weighted by Gasteiger charge is 2.23. The second-order valence-corrected chi connectivity index (χ2v) is 7.34. The fourth-order valence-corrected chi connectivity index (χ4v) is 3.93. The first-order valence-corrected chi connectivity index (χ1v) is 8.57. The molecule has 0 saturated heterocycles. The summed E-state index contributed by atoms with van der Waals surface area (Å²) in [7, 11) is -1.21. The molecule has 1 aliphatic carbocycles. The number of nitrogens with one attached hydrogen (secondary N) is 1. The maximum absolute atomic E-state index is 12.3. The molecule has 1 heterocycles. The first kappa shape index (κ1) is 16.0. The van der Waals surface area contributed by atoms with Crippen molar-refractivity contribution in [1.29, 1.82) is 0 Å². The molecule has 0 aliphatic heterocycles. The van der Waals surface area contributed by atoms with Gasteiger partial charge in [0.1, 0.15) is 0 Å². The van der Waals surface area contributed by atoms with Crippen molar-refractivity contribution in [3.63, 3.8) is 0 Å². The van der Waals surface area contributed by atoms with E-state index in [-0.39, 0.29) is 4.90 Å². The van der Waals surface area contributed by atoms with Crippen molar-refractivity contribution in [1.82, 2.24) is 13.9 Å². The summed E-state index contributed by atoms with van der Waals surface area (Å²) in [4.78, 5) is 23.2. The molecule has 2 rings (SSSR count). The molecule has 0 aromatic carbocycles. The number of hydrogen-bond acceptors (Lipinski definition) is 4. The van der Waals surface area contributed by atoms with E-state index in [1.807, 2.05) is 0 Å². The molecule has 8 heteroatoms. The molecule has 1 aliphatic rings. The van der Waals surface area contributed by atoms with Crippen LogP contribution in [0.5, 0.6) is 0 Å². The molecule has 0 unspecified atom stereocenters. The largest absolute Gasteiger partial charge is 0.330 e. The Morgan fingerprint density at radius 2 is 1.81 bits per heavy atom. The quantitative estimate of drug-likeness (QED) is 0.843. The molecule has 0 spiro atoms. The van der Waals surface area contributed by atoms with Crippen molar-refractivity contribution >= 4 is 10.0 Å². The van der Waals surface area contributed by atoms with E-state index < -0.39 is 21.3 Å². The van der Waals surface area contributed by atoms with Crippen LogP contribution in [0.2, 0.25) is 0 Å². The molecule has 118 valence electrons. The van der Waals surface area contributed by atoms with Crippen LogP contribution >= 0.6 is 0 Å². The Hall–Kier alpha value is -1.41. The summed E-state index contributed by atoms with van der Waals surface area (Å²) in [6, 6.07) is 0. The molecular weight excluding hydrogens is 294 g/mol. The maximum atomic E-state index is 12.3. The molecule has 1 aromatic heterocycles. The Morgan fingerprint density at radius 1 is 1.19 bits per heavy atom. The van der Waals surface area contributed by atoms with E-state index in [2.05, 4.69) is 4.72 Å². The van der Waals surface area contributed by atoms with Crippen LogP contribution in [0, 0.1) is 5.92 Å². The summed E-state index contributed by atoms with van der Waals surface area (Å²) in [6.45, 7) is 0.342. The van der Waals surface area contributed by atoms with Gasteiger partial charge in [0.25, 0.3) is 5.56 Å². The predicted octanol–water partition coefficient (Wildman–Crippen LogP) is -0.0574. The number of rotatable bonds is 4. The fourth-order valence-electron chi connectivity index (χ4n) is 2.66. The lowest BCUT2D eigenvalue weighted by Crippen LogP contribution is -2.42. The summed E-state index contributed by atoms with van der Waals surface area (Å²) in [5.41, 5.74) is -1.35. The third kappa shape index (κ3) is 3.44. The SMILES string of the molecule is Cn1cc(S(=O)(=O)NCC2CCCCC2)c(=O)n(C)c1=O. The lowest BCUT2D eigenvalue weighted by molar-refractivity contribution is 0.357. The van der Waals surface area contributed by atoms with Gasteiger partial charge in [-0.25, -0.2) is 17.9 Å². The van der Waals surface area contributed by atoms with E-state index in [0.29, 0.717) is 12.5 Å². The van der Waals surface area contributed by atoms with E-state index in [1.54, 1.807) is 0 Å². The zero-order chi connectivity index (χ0) is 15.6. The van der Waals surface area contributed by atoms with E-state index in [9.17, 15) is 18.0 Å². The minimum absolute atomic E-state index is 0.324. The number of hydrogen-bond donors (Lipinski definition) is 1. The van der Waals surface area contributed by atoms with Gasteiger partial charge in [0.05, 0.1) is 0 Å². The van der Waals surface area contributed by atoms with Crippen LogP contribution in [0.15, 0.2) is 20.7 Å². The van der Waals surface area contributed by atoms with Crippen molar-refractivity contribution in [3.8, 4) is 0 Å². The fraction of sp³-hybridized carbons (Fsp3) is 0.692. The highest BCUT2D eigenvalue weighted by molar-refractivity contribution is 7.89. The van der Waals surface area contributed by atoms with E-state index in [0.717, 1.165) is 41.0 Å². The zero-order valence-corrected chi connectivity index (χ0v) is 13.1. The standard InChI is InChI=1S/C13H21N3O4S/c1-15-9-11(12(17)16(2)13(15)18)21(19,20)14-8-10-6-4-3-5-7-10/h9-10,14H,3-8H2,1-2H3. The van der Waals surface area contributed by atoms with Gasteiger partial charge in [-0.15, -0.1) is 0 Å². The van der Waals surface area contributed by atoms with Gasteiger partial charge in [-0.3, -0.25) is 9.36 Å². The van der Waals surface area contributed by atoms with Crippen LogP contribution in [-0.4, -0.2) is 24.1 Å². The average Bonchev–Trinajstić information content (AvgIpc) is 2.48. The maximum Gasteiger partial charge on any atom is 0.330 e. The van der Waals surface area contributed by atoms with Crippen LogP contribution in [0.4, 0.5) is 0 Å². The van der Waals surface area contributed by atoms with Gasteiger partial charge < -0.3 is 4.57 Å². The Morgan fingerprint density at radius 3 is 2.43 bits per heavy atom. The van der Waals surface area contributed by atoms with Crippen LogP contribution in [0.1, 0.15) is 32.1 Å². The number of nitrogens with zero attached hydrogens (tertiary/aromatic N) is 2. The van der Waals surface area contributed by atoms with Crippen LogP contribution in [0.3, 0.4) is 0 Å². The molecule has 0 radical (unpaired) electrons. The monoisotopic (exact) mass is 315 g/mol. The average molecular weight is 315 g/mol. The summed E-state index contributed by atoms with van der Waals surface area (Å²) < 4.78 is 28.9. The Kier molecular flexibility index (Phi) is 4.67. The highest BCUT2D eigenvalue weighted by atomic mass is 32.2. The second kappa shape index (κ2) is 6.15. The van der Waals surface area contributed by atoms with Crippen molar-refractivity contribution in [3.05, 3.63) is 27.0 Å². The summed E-state index contributed by atoms with van der Waals surface area (Å²) >= 11 is 0. The van der Waals surface area contributed by atoms with Crippen molar-refractivity contribution in [2.24, 2.45) is 20.0 Å². The number of sulfonamides is 1. The normalized spacial score (nSPS) is 17.0. The summed E-state index contributed by atoms with van der Waals surface area (Å²) in [5.74, 6) is 0.324. The first-order valence-electron chi connectivity index (χ1n) is 7.09. The first-order chi connectivity index (χ1) is 9.83. The Labute approximate surface area is 123 Å². The molecule has 7 nitrogen and oxygen atoms in total. The zero-order valence-electron chi connectivity index (χ0n) is 12.3. The smallest absolute Gasteiger partial charge is 0.302 e. The van der Waals surface area contributed by atoms with Gasteiger partial charge in [0.15, 0.2) is 4.90 Å². The van der Waals surface area contributed by atoms with E-state index in [1.165, 1.54) is 20.5 Å². The minimum atomic E-state index is -3.90. The third-order valence-electron chi connectivity index (χ3n) is 3.99. The van der Waals surface area contributed by atoms with Crippen molar-refractivity contribution in [2.75, 3.05) is 6.54 Å². The minimum Gasteiger partial charge on any atom is -0.302 e. The van der Waals surface area contributed by atoms with Gasteiger partial charge >= 0.3 is 5.69 Å². The lowest BCUT2D eigenvalue weighted by atomic mass is 9.90. The van der Waals surface area contributed by atoms with Crippen LogP contribution in [0.25, 0.3) is 0 Å². The van der Waals surface area contributed by atoms with E-state index >= 15 is 0 Å². The van der Waals surface area contributed by atoms with Crippen molar-refractivity contribution < 1.29 is 8.42 Å². The predicted molar refractivity (Wildman–Crippen MR) is 78.7 cm³/mol. The molecule has 21 heavy (non-hydrogen) atoms. The van der Waals surface area contributed by atoms with Crippen LogP contribution < -0.4 is 16.0 Å². The Bertz CT molecular complexity index is 727. The molecule has 1 saturated carbocycles. The summed E-state index contributed by atoms with van der Waals surface area (Å²) in [6.07, 6.45) is 6.53. The van der Waals surface area contributed by atoms with Crippen molar-refractivity contribution in [2.45, 2.75) is 37.0 Å². The third-order valence-corrected chi connectivity index (χ3v) is 5.40. The lowest BCUT2D eigenvalue weighted by Gasteiger charge is -2.21. The Balaban J connectivity index is 2.23. The van der Waals surface area contributed by atoms with Crippen LogP contribution in [-0.2, 0) is 24.1 Å². The molecule has 1 fully saturated rings. The molecule has 1 aromatic rings. The molecular formula is C13H21N3O4S. The molecule has 0 bridgehead atoms. The second-order valence-electron chi connectivity index (χ2n) is 5.61. The van der Waals surface area contributed by atoms with Gasteiger partial charge in [-0.2, -0.15) is 0 Å². The number of aromatic nitrogens is 2. The highest BCUT2D eigenvalue weighted by Crippen LogP contribution is 2.23. The molecule has 1 N–H and O–H groups in total.